The van der Waals surface area contributed by atoms with E-state index in [0.717, 1.165) is 21.6 Å². The van der Waals surface area contributed by atoms with E-state index in [0.29, 0.717) is 12.2 Å². The van der Waals surface area contributed by atoms with Crippen LogP contribution in [0.2, 0.25) is 0 Å². The summed E-state index contributed by atoms with van der Waals surface area (Å²) in [6.45, 7) is 8.49. The molecule has 0 saturated carbocycles. The summed E-state index contributed by atoms with van der Waals surface area (Å²) in [7, 11) is 0.742. The van der Waals surface area contributed by atoms with Crippen molar-refractivity contribution in [3.05, 3.63) is 23.9 Å². The summed E-state index contributed by atoms with van der Waals surface area (Å²) in [5.74, 6) is -3.54. The molecule has 5 atom stereocenters. The molecule has 0 aromatic rings. The van der Waals surface area contributed by atoms with Crippen molar-refractivity contribution in [3.8, 4) is 0 Å². The molecule has 0 spiro atoms. The third kappa shape index (κ3) is 9.86. The molecule has 2 heterocycles. The fourth-order valence-corrected chi connectivity index (χ4v) is 7.84. The summed E-state index contributed by atoms with van der Waals surface area (Å²) in [5, 5.41) is 10.4. The Hall–Kier alpha value is -2.16. The summed E-state index contributed by atoms with van der Waals surface area (Å²) in [6.07, 6.45) is 3.98. The largest absolute Gasteiger partial charge is 0.594 e. The average Bonchev–Trinajstić information content (AvgIpc) is 2.84. The zero-order valence-electron chi connectivity index (χ0n) is 22.1. The second kappa shape index (κ2) is 15.4. The standard InChI is InChI=1S/C24H36N4O7S3/c1-6-16-21(30)28-20(14(4)5)24(33)35-15-9-7-8-10-36-38(34)37-12-17(22(31)25-16)26-23(32)19(13(2)3)27-18(29)11-15/h6-7,9,13-15,17,19-20H,8,10-12H2,1-5H3,(H,25,31)(H,26,32)(H,27,29)(H,28,30)/b9-7+,16-6-/t15-,17-,19-,20+,38-/m1/s1. The normalized spacial score (nSPS) is 31.0. The third-order valence-corrected chi connectivity index (χ3v) is 10.7. The number of allylic oxidation sites excluding steroid dienone is 2. The second-order valence-electron chi connectivity index (χ2n) is 9.44. The predicted molar refractivity (Wildman–Crippen MR) is 149 cm³/mol. The van der Waals surface area contributed by atoms with Gasteiger partial charge in [0.1, 0.15) is 51.5 Å². The van der Waals surface area contributed by atoms with Crippen molar-refractivity contribution in [3.63, 3.8) is 0 Å². The van der Waals surface area contributed by atoms with Crippen LogP contribution in [0, 0.1) is 11.8 Å². The minimum absolute atomic E-state index is 0.0343. The van der Waals surface area contributed by atoms with Crippen LogP contribution >= 0.6 is 21.6 Å². The van der Waals surface area contributed by atoms with Crippen LogP contribution in [0.1, 0.15) is 47.5 Å². The zero-order valence-corrected chi connectivity index (χ0v) is 24.6. The number of amides is 4. The first-order valence-corrected chi connectivity index (χ1v) is 16.5. The molecule has 0 aliphatic carbocycles. The number of esters is 1. The van der Waals surface area contributed by atoms with Crippen molar-refractivity contribution in [1.82, 2.24) is 21.3 Å². The lowest BCUT2D eigenvalue weighted by Crippen LogP contribution is -2.57. The van der Waals surface area contributed by atoms with Crippen LogP contribution in [0.15, 0.2) is 23.9 Å². The van der Waals surface area contributed by atoms with Gasteiger partial charge in [0.05, 0.1) is 21.4 Å². The van der Waals surface area contributed by atoms with Crippen molar-refractivity contribution >= 4 is 60.4 Å². The van der Waals surface area contributed by atoms with E-state index in [1.165, 1.54) is 6.08 Å². The Morgan fingerprint density at radius 2 is 1.68 bits per heavy atom. The number of nitrogens with one attached hydrogen (secondary N) is 4. The molecule has 1 saturated heterocycles. The number of carbonyl (C=O) groups is 5. The van der Waals surface area contributed by atoms with E-state index in [2.05, 4.69) is 21.3 Å². The van der Waals surface area contributed by atoms with Crippen molar-refractivity contribution in [1.29, 1.82) is 0 Å². The molecule has 212 valence electrons. The highest BCUT2D eigenvalue weighted by molar-refractivity contribution is 9.04. The Balaban J connectivity index is 2.59. The number of hydrogen-bond donors (Lipinski definition) is 4. The van der Waals surface area contributed by atoms with Gasteiger partial charge in [-0.15, -0.1) is 0 Å². The van der Waals surface area contributed by atoms with Crippen LogP contribution in [0.3, 0.4) is 0 Å². The van der Waals surface area contributed by atoms with Crippen LogP contribution < -0.4 is 21.3 Å². The molecule has 1 fully saturated rings. The van der Waals surface area contributed by atoms with Crippen LogP contribution in [0.5, 0.6) is 0 Å². The minimum Gasteiger partial charge on any atom is -0.594 e. The summed E-state index contributed by atoms with van der Waals surface area (Å²) in [6, 6.07) is -3.19. The molecular weight excluding hydrogens is 552 g/mol. The Morgan fingerprint density at radius 3 is 2.32 bits per heavy atom. The predicted octanol–water partition coefficient (Wildman–Crippen LogP) is 1.09. The van der Waals surface area contributed by atoms with Crippen molar-refractivity contribution in [2.45, 2.75) is 71.7 Å². The summed E-state index contributed by atoms with van der Waals surface area (Å²) in [4.78, 5) is 65.5. The second-order valence-corrected chi connectivity index (χ2v) is 14.9. The molecule has 2 aliphatic rings. The van der Waals surface area contributed by atoms with Gasteiger partial charge < -0.3 is 30.6 Å². The Labute approximate surface area is 233 Å². The van der Waals surface area contributed by atoms with E-state index < -0.39 is 63.1 Å². The van der Waals surface area contributed by atoms with E-state index in [4.69, 9.17) is 4.74 Å². The van der Waals surface area contributed by atoms with Crippen LogP contribution in [-0.4, -0.2) is 69.9 Å². The van der Waals surface area contributed by atoms with Crippen LogP contribution in [0.4, 0.5) is 0 Å². The fraction of sp³-hybridized carbons (Fsp3) is 0.625. The van der Waals surface area contributed by atoms with E-state index in [1.807, 2.05) is 0 Å². The first-order valence-electron chi connectivity index (χ1n) is 12.4. The molecule has 4 N–H and O–H groups in total. The molecule has 38 heavy (non-hydrogen) atoms. The monoisotopic (exact) mass is 588 g/mol. The number of hydrogen-bond acceptors (Lipinski definition) is 9. The highest BCUT2D eigenvalue weighted by Gasteiger charge is 2.34. The highest BCUT2D eigenvalue weighted by atomic mass is 33.5. The molecule has 11 nitrogen and oxygen atoms in total. The minimum atomic E-state index is -1.41. The maximum atomic E-state index is 13.2. The molecule has 0 aromatic carbocycles. The maximum absolute atomic E-state index is 13.2. The topological polar surface area (TPSA) is 166 Å². The SMILES string of the molecule is C/C=C1\NC(=O)[C@H]2CS[S@+]([O-])SCC/C=C/[C@H](CC(=O)N[C@H](C(C)C)C(=O)N2)OC(=O)[C@H](C(C)C)NC1=O. The van der Waals surface area contributed by atoms with E-state index in [-0.39, 0.29) is 29.7 Å². The molecule has 2 aliphatic heterocycles. The van der Waals surface area contributed by atoms with Gasteiger partial charge in [0, 0.05) is 5.75 Å². The van der Waals surface area contributed by atoms with Crippen molar-refractivity contribution in [2.75, 3.05) is 11.5 Å². The lowest BCUT2D eigenvalue weighted by atomic mass is 10.0. The van der Waals surface area contributed by atoms with Crippen molar-refractivity contribution in [2.24, 2.45) is 11.8 Å². The van der Waals surface area contributed by atoms with E-state index >= 15 is 0 Å². The number of fused-ring (bicyclic) bond motifs is 7. The zero-order chi connectivity index (χ0) is 28.4. The highest BCUT2D eigenvalue weighted by Crippen LogP contribution is 2.27. The third-order valence-electron chi connectivity index (χ3n) is 5.70. The molecule has 4 amide bonds. The van der Waals surface area contributed by atoms with Gasteiger partial charge in [-0.2, -0.15) is 0 Å². The van der Waals surface area contributed by atoms with Gasteiger partial charge in [0.2, 0.25) is 17.7 Å². The van der Waals surface area contributed by atoms with Gasteiger partial charge in [0.15, 0.2) is 0 Å². The van der Waals surface area contributed by atoms with E-state index in [9.17, 15) is 28.5 Å². The lowest BCUT2D eigenvalue weighted by Gasteiger charge is -2.27. The van der Waals surface area contributed by atoms with Gasteiger partial charge in [-0.3, -0.25) is 19.2 Å². The Morgan fingerprint density at radius 1 is 1.00 bits per heavy atom. The first kappa shape index (κ1) is 32.1. The quantitative estimate of drug-likeness (QED) is 0.121. The lowest BCUT2D eigenvalue weighted by molar-refractivity contribution is -0.153. The number of ether oxygens (including phenoxy) is 1. The summed E-state index contributed by atoms with van der Waals surface area (Å²) < 4.78 is 18.1. The van der Waals surface area contributed by atoms with Crippen molar-refractivity contribution < 1.29 is 33.3 Å². The first-order chi connectivity index (χ1) is 17.9. The number of carbonyl (C=O) groups excluding carboxylic acids is 5. The fourth-order valence-electron chi connectivity index (χ4n) is 3.55. The molecule has 0 aromatic heterocycles. The van der Waals surface area contributed by atoms with Gasteiger partial charge >= 0.3 is 5.97 Å². The molecule has 2 bridgehead atoms. The Kier molecular flexibility index (Phi) is 13.0. The molecule has 0 radical (unpaired) electrons. The molecular formula is C24H36N4O7S3. The maximum Gasteiger partial charge on any atom is 0.329 e. The molecule has 2 rings (SSSR count). The van der Waals surface area contributed by atoms with Crippen LogP contribution in [0.25, 0.3) is 0 Å². The van der Waals surface area contributed by atoms with Crippen LogP contribution in [-0.2, 0) is 37.9 Å². The summed E-state index contributed by atoms with van der Waals surface area (Å²) in [5.41, 5.74) is -0.119. The number of rotatable bonds is 2. The Bertz CT molecular complexity index is 957. The van der Waals surface area contributed by atoms with E-state index in [1.54, 1.807) is 46.8 Å². The van der Waals surface area contributed by atoms with Gasteiger partial charge in [-0.05, 0) is 31.3 Å². The van der Waals surface area contributed by atoms with Gasteiger partial charge in [-0.1, -0.05) is 39.8 Å². The van der Waals surface area contributed by atoms with Gasteiger partial charge in [-0.25, -0.2) is 4.79 Å². The smallest absolute Gasteiger partial charge is 0.329 e. The molecule has 14 heteroatoms. The summed E-state index contributed by atoms with van der Waals surface area (Å²) >= 11 is 0. The molecule has 0 unspecified atom stereocenters. The van der Waals surface area contributed by atoms with Gasteiger partial charge in [0.25, 0.3) is 5.91 Å². The average molecular weight is 589 g/mol.